The van der Waals surface area contributed by atoms with Crippen LogP contribution in [0.15, 0.2) is 5.38 Å². The molecule has 1 aliphatic carbocycles. The van der Waals surface area contributed by atoms with E-state index in [1.165, 1.54) is 5.01 Å². The van der Waals surface area contributed by atoms with Crippen LogP contribution < -0.4 is 0 Å². The van der Waals surface area contributed by atoms with Crippen molar-refractivity contribution in [3.8, 4) is 0 Å². The third-order valence-corrected chi connectivity index (χ3v) is 4.31. The van der Waals surface area contributed by atoms with Crippen LogP contribution in [0.3, 0.4) is 0 Å². The van der Waals surface area contributed by atoms with Crippen molar-refractivity contribution >= 4 is 17.3 Å². The highest BCUT2D eigenvalue weighted by atomic mass is 32.1. The van der Waals surface area contributed by atoms with Gasteiger partial charge in [-0.25, -0.2) is 4.98 Å². The third kappa shape index (κ3) is 2.82. The fourth-order valence-electron chi connectivity index (χ4n) is 2.36. The average Bonchev–Trinajstić information content (AvgIpc) is 2.65. The molecule has 1 aliphatic rings. The molecule has 0 spiro atoms. The third-order valence-electron chi connectivity index (χ3n) is 3.33. The van der Waals surface area contributed by atoms with Gasteiger partial charge in [-0.1, -0.05) is 0 Å². The second-order valence-corrected chi connectivity index (χ2v) is 5.59. The molecule has 16 heavy (non-hydrogen) atoms. The van der Waals surface area contributed by atoms with Crippen molar-refractivity contribution in [1.82, 2.24) is 4.98 Å². The van der Waals surface area contributed by atoms with Crippen LogP contribution >= 0.6 is 11.3 Å². The molecule has 0 aliphatic heterocycles. The van der Waals surface area contributed by atoms with Crippen LogP contribution in [0, 0.1) is 18.8 Å². The number of aliphatic carboxylic acids is 1. The summed E-state index contributed by atoms with van der Waals surface area (Å²) in [5.41, 5.74) is 1.10. The Morgan fingerprint density at radius 3 is 2.69 bits per heavy atom. The van der Waals surface area contributed by atoms with Crippen LogP contribution in [0.25, 0.3) is 0 Å². The maximum Gasteiger partial charge on any atom is 0.306 e. The number of carbonyl (C=O) groups is 1. The fraction of sp³-hybridized carbons (Fsp3) is 0.667. The molecule has 88 valence electrons. The molecule has 0 aromatic carbocycles. The summed E-state index contributed by atoms with van der Waals surface area (Å²) < 4.78 is 0. The number of nitrogens with zero attached hydrogens (tertiary/aromatic N) is 1. The Hall–Kier alpha value is -0.900. The number of hydrogen-bond acceptors (Lipinski definition) is 3. The zero-order valence-corrected chi connectivity index (χ0v) is 10.3. The monoisotopic (exact) mass is 239 g/mol. The molecule has 1 saturated carbocycles. The fourth-order valence-corrected chi connectivity index (χ4v) is 3.24. The van der Waals surface area contributed by atoms with Gasteiger partial charge in [-0.15, -0.1) is 11.3 Å². The van der Waals surface area contributed by atoms with Crippen LogP contribution in [0.1, 0.15) is 36.4 Å². The average molecular weight is 239 g/mol. The van der Waals surface area contributed by atoms with Crippen LogP contribution in [-0.4, -0.2) is 16.1 Å². The van der Waals surface area contributed by atoms with E-state index in [1.54, 1.807) is 11.3 Å². The lowest BCUT2D eigenvalue weighted by atomic mass is 9.81. The van der Waals surface area contributed by atoms with Gasteiger partial charge in [0.25, 0.3) is 0 Å². The molecule has 1 N–H and O–H groups in total. The molecule has 0 radical (unpaired) electrons. The first-order valence-electron chi connectivity index (χ1n) is 5.79. The number of rotatable bonds is 3. The molecule has 0 atom stereocenters. The van der Waals surface area contributed by atoms with E-state index >= 15 is 0 Å². The Morgan fingerprint density at radius 2 is 2.19 bits per heavy atom. The first-order chi connectivity index (χ1) is 7.65. The largest absolute Gasteiger partial charge is 0.481 e. The summed E-state index contributed by atoms with van der Waals surface area (Å²) in [5.74, 6) is -0.0843. The van der Waals surface area contributed by atoms with Crippen molar-refractivity contribution < 1.29 is 9.90 Å². The van der Waals surface area contributed by atoms with Gasteiger partial charge in [0, 0.05) is 17.5 Å². The Balaban J connectivity index is 1.83. The minimum absolute atomic E-state index is 0.103. The van der Waals surface area contributed by atoms with E-state index in [0.29, 0.717) is 5.92 Å². The normalized spacial score (nSPS) is 25.6. The van der Waals surface area contributed by atoms with E-state index in [9.17, 15) is 4.79 Å². The SMILES string of the molecule is Cc1csc(CC2CCC(C(=O)O)CC2)n1. The Kier molecular flexibility index (Phi) is 3.59. The minimum atomic E-state index is -0.622. The molecular formula is C12H17NO2S. The number of hydrogen-bond donors (Lipinski definition) is 1. The second kappa shape index (κ2) is 4.95. The molecule has 3 nitrogen and oxygen atoms in total. The summed E-state index contributed by atoms with van der Waals surface area (Å²) in [5, 5.41) is 12.2. The summed E-state index contributed by atoms with van der Waals surface area (Å²) in [6.07, 6.45) is 4.78. The Labute approximate surface area is 99.5 Å². The van der Waals surface area contributed by atoms with Crippen molar-refractivity contribution in [1.29, 1.82) is 0 Å². The highest BCUT2D eigenvalue weighted by Gasteiger charge is 2.26. The molecular weight excluding hydrogens is 222 g/mol. The minimum Gasteiger partial charge on any atom is -0.481 e. The lowest BCUT2D eigenvalue weighted by Crippen LogP contribution is -2.22. The first kappa shape index (κ1) is 11.6. The van der Waals surface area contributed by atoms with Crippen LogP contribution in [0.5, 0.6) is 0 Å². The second-order valence-electron chi connectivity index (χ2n) is 4.64. The summed E-state index contributed by atoms with van der Waals surface area (Å²) in [6, 6.07) is 0. The molecule has 0 unspecified atom stereocenters. The molecule has 0 amide bonds. The predicted octanol–water partition coefficient (Wildman–Crippen LogP) is 2.89. The van der Waals surface area contributed by atoms with Crippen molar-refractivity contribution in [2.24, 2.45) is 11.8 Å². The van der Waals surface area contributed by atoms with Crippen LogP contribution in [0.2, 0.25) is 0 Å². The molecule has 1 aromatic rings. The van der Waals surface area contributed by atoms with Gasteiger partial charge in [0.1, 0.15) is 0 Å². The van der Waals surface area contributed by atoms with Gasteiger partial charge in [0.05, 0.1) is 10.9 Å². The topological polar surface area (TPSA) is 50.2 Å². The van der Waals surface area contributed by atoms with Crippen LogP contribution in [0.4, 0.5) is 0 Å². The van der Waals surface area contributed by atoms with Crippen LogP contribution in [-0.2, 0) is 11.2 Å². The van der Waals surface area contributed by atoms with Crippen molar-refractivity contribution in [2.75, 3.05) is 0 Å². The van der Waals surface area contributed by atoms with E-state index in [-0.39, 0.29) is 5.92 Å². The zero-order valence-electron chi connectivity index (χ0n) is 9.48. The first-order valence-corrected chi connectivity index (χ1v) is 6.67. The van der Waals surface area contributed by atoms with Gasteiger partial charge < -0.3 is 5.11 Å². The van der Waals surface area contributed by atoms with Gasteiger partial charge in [0.15, 0.2) is 0 Å². The quantitative estimate of drug-likeness (QED) is 0.882. The number of thiazole rings is 1. The Bertz CT molecular complexity index is 367. The van der Waals surface area contributed by atoms with E-state index in [1.807, 2.05) is 6.92 Å². The molecule has 1 fully saturated rings. The summed E-state index contributed by atoms with van der Waals surface area (Å²) in [4.78, 5) is 15.3. The van der Waals surface area contributed by atoms with Crippen molar-refractivity contribution in [2.45, 2.75) is 39.0 Å². The molecule has 1 heterocycles. The summed E-state index contributed by atoms with van der Waals surface area (Å²) >= 11 is 1.72. The number of carboxylic acids is 1. The number of carboxylic acid groups (broad SMARTS) is 1. The lowest BCUT2D eigenvalue weighted by molar-refractivity contribution is -0.143. The van der Waals surface area contributed by atoms with Gasteiger partial charge in [-0.05, 0) is 38.5 Å². The van der Waals surface area contributed by atoms with Gasteiger partial charge in [-0.2, -0.15) is 0 Å². The van der Waals surface area contributed by atoms with E-state index in [2.05, 4.69) is 10.4 Å². The van der Waals surface area contributed by atoms with E-state index in [0.717, 1.165) is 37.8 Å². The van der Waals surface area contributed by atoms with Crippen molar-refractivity contribution in [3.63, 3.8) is 0 Å². The van der Waals surface area contributed by atoms with Gasteiger partial charge in [0.2, 0.25) is 0 Å². The standard InChI is InChI=1S/C12H17NO2S/c1-8-7-16-11(13-8)6-9-2-4-10(5-3-9)12(14)15/h7,9-10H,2-6H2,1H3,(H,14,15). The smallest absolute Gasteiger partial charge is 0.306 e. The maximum absolute atomic E-state index is 10.8. The summed E-state index contributed by atoms with van der Waals surface area (Å²) in [6.45, 7) is 2.02. The molecule has 2 rings (SSSR count). The lowest BCUT2D eigenvalue weighted by Gasteiger charge is -2.25. The molecule has 1 aromatic heterocycles. The predicted molar refractivity (Wildman–Crippen MR) is 63.6 cm³/mol. The van der Waals surface area contributed by atoms with Crippen molar-refractivity contribution in [3.05, 3.63) is 16.1 Å². The number of aromatic nitrogens is 1. The molecule has 0 saturated heterocycles. The van der Waals surface area contributed by atoms with Gasteiger partial charge in [-0.3, -0.25) is 4.79 Å². The highest BCUT2D eigenvalue weighted by Crippen LogP contribution is 2.31. The zero-order chi connectivity index (χ0) is 11.5. The molecule has 0 bridgehead atoms. The summed E-state index contributed by atoms with van der Waals surface area (Å²) in [7, 11) is 0. The number of aryl methyl sites for hydroxylation is 1. The van der Waals surface area contributed by atoms with E-state index in [4.69, 9.17) is 5.11 Å². The maximum atomic E-state index is 10.8. The molecule has 4 heteroatoms. The highest BCUT2D eigenvalue weighted by molar-refractivity contribution is 7.09. The van der Waals surface area contributed by atoms with Gasteiger partial charge >= 0.3 is 5.97 Å². The van der Waals surface area contributed by atoms with E-state index < -0.39 is 5.97 Å². The Morgan fingerprint density at radius 1 is 1.50 bits per heavy atom.